The van der Waals surface area contributed by atoms with Crippen molar-refractivity contribution < 1.29 is 18.5 Å². The predicted molar refractivity (Wildman–Crippen MR) is 122 cm³/mol. The highest BCUT2D eigenvalue weighted by Gasteiger charge is 2.18. The van der Waals surface area contributed by atoms with Gasteiger partial charge in [0.2, 0.25) is 5.89 Å². The molecule has 0 bridgehead atoms. The summed E-state index contributed by atoms with van der Waals surface area (Å²) >= 11 is 0. The average molecular weight is 440 g/mol. The molecule has 0 aliphatic carbocycles. The number of oxazole rings is 1. The van der Waals surface area contributed by atoms with Gasteiger partial charge in [0.1, 0.15) is 23.4 Å². The van der Waals surface area contributed by atoms with Gasteiger partial charge in [0.15, 0.2) is 5.58 Å². The minimum Gasteiger partial charge on any atom is -0.497 e. The molecule has 3 heterocycles. The van der Waals surface area contributed by atoms with E-state index in [0.29, 0.717) is 52.5 Å². The van der Waals surface area contributed by atoms with Crippen LogP contribution in [-0.2, 0) is 6.42 Å². The lowest BCUT2D eigenvalue weighted by Gasteiger charge is -2.05. The molecule has 33 heavy (non-hydrogen) atoms. The van der Waals surface area contributed by atoms with E-state index in [4.69, 9.17) is 13.7 Å². The summed E-state index contributed by atoms with van der Waals surface area (Å²) < 4.78 is 16.4. The fourth-order valence-corrected chi connectivity index (χ4v) is 3.49. The number of aromatic nitrogens is 3. The Hall–Kier alpha value is -4.46. The van der Waals surface area contributed by atoms with Gasteiger partial charge in [0.05, 0.1) is 12.5 Å². The number of pyridine rings is 1. The molecular weight excluding hydrogens is 420 g/mol. The number of rotatable bonds is 7. The van der Waals surface area contributed by atoms with Crippen molar-refractivity contribution in [3.05, 3.63) is 84.4 Å². The largest absolute Gasteiger partial charge is 0.497 e. The second-order valence-electron chi connectivity index (χ2n) is 7.34. The first kappa shape index (κ1) is 20.4. The molecule has 0 unspecified atom stereocenters. The summed E-state index contributed by atoms with van der Waals surface area (Å²) in [4.78, 5) is 21.5. The minimum atomic E-state index is -0.183. The van der Waals surface area contributed by atoms with Gasteiger partial charge >= 0.3 is 0 Å². The first-order valence-corrected chi connectivity index (χ1v) is 10.4. The molecule has 0 radical (unpaired) electrons. The predicted octanol–water partition coefficient (Wildman–Crippen LogP) is 4.53. The molecule has 164 valence electrons. The monoisotopic (exact) mass is 440 g/mol. The van der Waals surface area contributed by atoms with Crippen LogP contribution < -0.4 is 10.1 Å². The zero-order valence-corrected chi connectivity index (χ0v) is 17.8. The maximum atomic E-state index is 12.7. The van der Waals surface area contributed by atoms with Crippen molar-refractivity contribution in [1.29, 1.82) is 0 Å². The van der Waals surface area contributed by atoms with Gasteiger partial charge in [0, 0.05) is 36.0 Å². The summed E-state index contributed by atoms with van der Waals surface area (Å²) in [6.45, 7) is 0.484. The second-order valence-corrected chi connectivity index (χ2v) is 7.34. The van der Waals surface area contributed by atoms with Crippen molar-refractivity contribution >= 4 is 16.9 Å². The van der Waals surface area contributed by atoms with E-state index in [1.807, 2.05) is 42.5 Å². The van der Waals surface area contributed by atoms with E-state index in [2.05, 4.69) is 20.4 Å². The Morgan fingerprint density at radius 2 is 2.03 bits per heavy atom. The zero-order valence-electron chi connectivity index (χ0n) is 17.8. The number of ether oxygens (including phenoxy) is 1. The van der Waals surface area contributed by atoms with Gasteiger partial charge in [-0.15, -0.1) is 0 Å². The van der Waals surface area contributed by atoms with Gasteiger partial charge in [-0.25, -0.2) is 4.98 Å². The normalized spacial score (nSPS) is 10.9. The third kappa shape index (κ3) is 4.31. The maximum absolute atomic E-state index is 12.7. The molecule has 1 amide bonds. The van der Waals surface area contributed by atoms with Crippen molar-refractivity contribution in [3.8, 4) is 28.6 Å². The molecule has 0 saturated heterocycles. The number of hydrogen-bond acceptors (Lipinski definition) is 7. The van der Waals surface area contributed by atoms with E-state index in [1.165, 1.54) is 6.26 Å². The molecule has 2 aromatic carbocycles. The SMILES string of the molecule is COc1cccc(-c2nc(-c3noc4ccc(C(=O)NCCc5ccccn5)cc34)co2)c1. The Morgan fingerprint density at radius 3 is 2.88 bits per heavy atom. The zero-order chi connectivity index (χ0) is 22.6. The van der Waals surface area contributed by atoms with E-state index < -0.39 is 0 Å². The molecule has 0 aliphatic rings. The van der Waals surface area contributed by atoms with Crippen molar-refractivity contribution in [3.63, 3.8) is 0 Å². The summed E-state index contributed by atoms with van der Waals surface area (Å²) in [5.41, 5.74) is 3.78. The fraction of sp³-hybridized carbons (Fsp3) is 0.120. The summed E-state index contributed by atoms with van der Waals surface area (Å²) in [5, 5.41) is 7.75. The smallest absolute Gasteiger partial charge is 0.251 e. The number of nitrogens with one attached hydrogen (secondary N) is 1. The molecule has 0 aliphatic heterocycles. The van der Waals surface area contributed by atoms with E-state index in [9.17, 15) is 4.79 Å². The number of benzene rings is 2. The lowest BCUT2D eigenvalue weighted by Crippen LogP contribution is -2.25. The van der Waals surface area contributed by atoms with Crippen LogP contribution in [0, 0.1) is 0 Å². The number of nitrogens with zero attached hydrogens (tertiary/aromatic N) is 3. The van der Waals surface area contributed by atoms with Crippen LogP contribution in [-0.4, -0.2) is 34.7 Å². The Labute approximate surface area is 189 Å². The number of amides is 1. The molecular formula is C25H20N4O4. The van der Waals surface area contributed by atoms with Crippen LogP contribution in [0.3, 0.4) is 0 Å². The Morgan fingerprint density at radius 1 is 1.09 bits per heavy atom. The van der Waals surface area contributed by atoms with Gasteiger partial charge in [-0.05, 0) is 48.5 Å². The van der Waals surface area contributed by atoms with Crippen molar-refractivity contribution in [2.75, 3.05) is 13.7 Å². The topological polar surface area (TPSA) is 103 Å². The van der Waals surface area contributed by atoms with Crippen LogP contribution in [0.4, 0.5) is 0 Å². The summed E-state index contributed by atoms with van der Waals surface area (Å²) in [6, 6.07) is 18.3. The highest BCUT2D eigenvalue weighted by atomic mass is 16.5. The van der Waals surface area contributed by atoms with Crippen LogP contribution in [0.5, 0.6) is 5.75 Å². The third-order valence-electron chi connectivity index (χ3n) is 5.19. The van der Waals surface area contributed by atoms with Crippen molar-refractivity contribution in [1.82, 2.24) is 20.4 Å². The molecule has 5 aromatic rings. The Kier molecular flexibility index (Phi) is 5.55. The molecule has 8 heteroatoms. The maximum Gasteiger partial charge on any atom is 0.251 e. The van der Waals surface area contributed by atoms with Gasteiger partial charge in [-0.1, -0.05) is 17.3 Å². The van der Waals surface area contributed by atoms with Gasteiger partial charge < -0.3 is 19.0 Å². The van der Waals surface area contributed by atoms with Gasteiger partial charge in [-0.3, -0.25) is 9.78 Å². The first-order chi connectivity index (χ1) is 16.2. The van der Waals surface area contributed by atoms with E-state index in [-0.39, 0.29) is 5.91 Å². The molecule has 3 aromatic heterocycles. The van der Waals surface area contributed by atoms with E-state index >= 15 is 0 Å². The number of carbonyl (C=O) groups excluding carboxylic acids is 1. The lowest BCUT2D eigenvalue weighted by molar-refractivity contribution is 0.0954. The quantitative estimate of drug-likeness (QED) is 0.397. The highest BCUT2D eigenvalue weighted by Crippen LogP contribution is 2.31. The molecule has 0 fully saturated rings. The van der Waals surface area contributed by atoms with Gasteiger partial charge in [0.25, 0.3) is 5.91 Å². The molecule has 1 N–H and O–H groups in total. The Bertz CT molecular complexity index is 1410. The standard InChI is InChI=1S/C25H20N4O4/c1-31-19-7-4-5-17(13-19)25-28-21(15-32-25)23-20-14-16(8-9-22(20)33-29-23)24(30)27-12-10-18-6-2-3-11-26-18/h2-9,11,13-15H,10,12H2,1H3,(H,27,30). The van der Waals surface area contributed by atoms with Crippen molar-refractivity contribution in [2.45, 2.75) is 6.42 Å². The summed E-state index contributed by atoms with van der Waals surface area (Å²) in [6.07, 6.45) is 3.91. The average Bonchev–Trinajstić information content (AvgIpc) is 3.51. The van der Waals surface area contributed by atoms with Crippen LogP contribution >= 0.6 is 0 Å². The fourth-order valence-electron chi connectivity index (χ4n) is 3.49. The molecule has 0 spiro atoms. The number of fused-ring (bicyclic) bond motifs is 1. The molecule has 0 saturated carbocycles. The van der Waals surface area contributed by atoms with Gasteiger partial charge in [-0.2, -0.15) is 0 Å². The second kappa shape index (κ2) is 8.96. The summed E-state index contributed by atoms with van der Waals surface area (Å²) in [5.74, 6) is 0.957. The number of carbonyl (C=O) groups is 1. The molecule has 5 rings (SSSR count). The number of hydrogen-bond donors (Lipinski definition) is 1. The minimum absolute atomic E-state index is 0.183. The Balaban J connectivity index is 1.36. The van der Waals surface area contributed by atoms with Crippen LogP contribution in [0.1, 0.15) is 16.1 Å². The molecule has 0 atom stereocenters. The summed E-state index contributed by atoms with van der Waals surface area (Å²) in [7, 11) is 1.61. The van der Waals surface area contributed by atoms with E-state index in [1.54, 1.807) is 31.5 Å². The molecule has 8 nitrogen and oxygen atoms in total. The van der Waals surface area contributed by atoms with Crippen LogP contribution in [0.2, 0.25) is 0 Å². The van der Waals surface area contributed by atoms with Crippen LogP contribution in [0.25, 0.3) is 33.8 Å². The van der Waals surface area contributed by atoms with E-state index in [0.717, 1.165) is 11.3 Å². The lowest BCUT2D eigenvalue weighted by atomic mass is 10.1. The third-order valence-corrected chi connectivity index (χ3v) is 5.19. The first-order valence-electron chi connectivity index (χ1n) is 10.4. The highest BCUT2D eigenvalue weighted by molar-refractivity contribution is 6.00. The number of methoxy groups -OCH3 is 1. The van der Waals surface area contributed by atoms with Crippen molar-refractivity contribution in [2.24, 2.45) is 0 Å². The van der Waals surface area contributed by atoms with Crippen LogP contribution in [0.15, 0.2) is 82.1 Å².